The van der Waals surface area contributed by atoms with E-state index in [1.54, 1.807) is 3.11 Å². The van der Waals surface area contributed by atoms with Gasteiger partial charge in [0.15, 0.2) is 0 Å². The Morgan fingerprint density at radius 2 is 1.92 bits per heavy atom. The van der Waals surface area contributed by atoms with E-state index in [1.807, 2.05) is 22.9 Å². The molecule has 12 heavy (non-hydrogen) atoms. The molecule has 1 heterocycles. The molecule has 0 aromatic heterocycles. The van der Waals surface area contributed by atoms with Crippen LogP contribution in [0.4, 0.5) is 13.2 Å². The topological polar surface area (TPSA) is 29.3 Å². The van der Waals surface area contributed by atoms with E-state index in [2.05, 4.69) is 0 Å². The van der Waals surface area contributed by atoms with Crippen molar-refractivity contribution in [1.29, 1.82) is 0 Å². The van der Waals surface area contributed by atoms with Gasteiger partial charge < -0.3 is 5.73 Å². The second-order valence-electron chi connectivity index (χ2n) is 3.06. The number of hydrogen-bond donors (Lipinski definition) is 1. The van der Waals surface area contributed by atoms with Gasteiger partial charge in [-0.25, -0.2) is 3.11 Å². The fraction of sp³-hybridized carbons (Fsp3) is 1.00. The summed E-state index contributed by atoms with van der Waals surface area (Å²) in [6.45, 7) is 0.616. The van der Waals surface area contributed by atoms with E-state index < -0.39 is 12.1 Å². The van der Waals surface area contributed by atoms with E-state index in [1.165, 1.54) is 0 Å². The molecule has 1 fully saturated rings. The first-order chi connectivity index (χ1) is 5.39. The van der Waals surface area contributed by atoms with Gasteiger partial charge in [0.05, 0.1) is 5.92 Å². The smallest absolute Gasteiger partial charge is 0.326 e. The van der Waals surface area contributed by atoms with Gasteiger partial charge in [0, 0.05) is 42.0 Å². The molecule has 1 saturated heterocycles. The average Bonchev–Trinajstić information content (AvgIpc) is 1.82. The molecule has 0 amide bonds. The van der Waals surface area contributed by atoms with E-state index in [0.29, 0.717) is 6.54 Å². The molecule has 0 radical (unpaired) electrons. The predicted octanol–water partition coefficient (Wildman–Crippen LogP) is 1.55. The van der Waals surface area contributed by atoms with Crippen LogP contribution in [0.25, 0.3) is 0 Å². The summed E-state index contributed by atoms with van der Waals surface area (Å²) in [4.78, 5) is 0. The van der Waals surface area contributed by atoms with Crippen molar-refractivity contribution in [1.82, 2.24) is 3.11 Å². The summed E-state index contributed by atoms with van der Waals surface area (Å²) in [5.74, 6) is -1.25. The lowest BCUT2D eigenvalue weighted by atomic mass is 9.96. The quantitative estimate of drug-likeness (QED) is 0.542. The molecular weight excluding hydrogens is 284 g/mol. The van der Waals surface area contributed by atoms with Gasteiger partial charge in [0.2, 0.25) is 0 Å². The molecule has 0 bridgehead atoms. The van der Waals surface area contributed by atoms with Crippen molar-refractivity contribution in [3.8, 4) is 0 Å². The maximum atomic E-state index is 12.2. The summed E-state index contributed by atoms with van der Waals surface area (Å²) >= 11 is 1.88. The Hall–Kier alpha value is 0.440. The van der Waals surface area contributed by atoms with E-state index in [0.717, 1.165) is 0 Å². The van der Waals surface area contributed by atoms with Gasteiger partial charge in [-0.2, -0.15) is 13.2 Å². The molecule has 2 atom stereocenters. The Labute approximate surface area is 82.8 Å². The minimum Gasteiger partial charge on any atom is -0.326 e. The normalized spacial score (nSPS) is 33.8. The van der Waals surface area contributed by atoms with Gasteiger partial charge >= 0.3 is 6.18 Å². The summed E-state index contributed by atoms with van der Waals surface area (Å²) in [6.07, 6.45) is -4.04. The third kappa shape index (κ3) is 2.74. The summed E-state index contributed by atoms with van der Waals surface area (Å²) in [6, 6.07) is -0.345. The van der Waals surface area contributed by atoms with Crippen LogP contribution in [-0.4, -0.2) is 28.4 Å². The fourth-order valence-corrected chi connectivity index (χ4v) is 2.30. The molecule has 2 nitrogen and oxygen atoms in total. The second kappa shape index (κ2) is 3.67. The Bertz CT molecular complexity index is 151. The molecule has 1 aliphatic heterocycles. The molecule has 0 aromatic carbocycles. The van der Waals surface area contributed by atoms with Crippen molar-refractivity contribution in [3.05, 3.63) is 0 Å². The Kier molecular flexibility index (Phi) is 3.21. The monoisotopic (exact) mass is 294 g/mol. The summed E-state index contributed by atoms with van der Waals surface area (Å²) in [7, 11) is 0. The number of halogens is 4. The van der Waals surface area contributed by atoms with Crippen LogP contribution in [0.5, 0.6) is 0 Å². The number of alkyl halides is 3. The fourth-order valence-electron chi connectivity index (χ4n) is 1.32. The lowest BCUT2D eigenvalue weighted by Gasteiger charge is -2.33. The molecule has 2 N–H and O–H groups in total. The van der Waals surface area contributed by atoms with E-state index in [4.69, 9.17) is 5.73 Å². The van der Waals surface area contributed by atoms with Crippen LogP contribution in [0.1, 0.15) is 6.42 Å². The highest BCUT2D eigenvalue weighted by molar-refractivity contribution is 14.1. The first kappa shape index (κ1) is 10.5. The lowest BCUT2D eigenvalue weighted by Crippen LogP contribution is -2.47. The first-order valence-corrected chi connectivity index (χ1v) is 4.59. The highest BCUT2D eigenvalue weighted by Crippen LogP contribution is 2.33. The number of hydrogen-bond acceptors (Lipinski definition) is 2. The molecule has 0 aromatic rings. The predicted molar refractivity (Wildman–Crippen MR) is 47.7 cm³/mol. The summed E-state index contributed by atoms with van der Waals surface area (Å²) in [5.41, 5.74) is 5.47. The zero-order chi connectivity index (χ0) is 9.35. The Morgan fingerprint density at radius 1 is 1.33 bits per heavy atom. The van der Waals surface area contributed by atoms with Crippen molar-refractivity contribution in [2.24, 2.45) is 11.7 Å². The molecule has 72 valence electrons. The average molecular weight is 294 g/mol. The second-order valence-corrected chi connectivity index (χ2v) is 4.43. The largest absolute Gasteiger partial charge is 0.393 e. The molecule has 1 rings (SSSR count). The summed E-state index contributed by atoms with van der Waals surface area (Å²) < 4.78 is 38.2. The Balaban J connectivity index is 2.55. The number of nitrogens with zero attached hydrogens (tertiary/aromatic N) is 1. The van der Waals surface area contributed by atoms with Crippen LogP contribution in [0.2, 0.25) is 0 Å². The zero-order valence-electron chi connectivity index (χ0n) is 6.31. The number of piperidine rings is 1. The molecule has 0 unspecified atom stereocenters. The highest BCUT2D eigenvalue weighted by Gasteiger charge is 2.43. The Morgan fingerprint density at radius 3 is 2.33 bits per heavy atom. The van der Waals surface area contributed by atoms with Crippen LogP contribution in [0.3, 0.4) is 0 Å². The standard InChI is InChI=1S/C6H10F3IN2/c7-6(8,9)4-1-5(11)3-12(10)2-4/h4-5H,1-3,11H2/t4-,5+/m1/s1. The van der Waals surface area contributed by atoms with Crippen LogP contribution >= 0.6 is 22.9 Å². The van der Waals surface area contributed by atoms with Crippen LogP contribution < -0.4 is 5.73 Å². The van der Waals surface area contributed by atoms with Gasteiger partial charge in [-0.05, 0) is 6.42 Å². The third-order valence-electron chi connectivity index (χ3n) is 1.90. The first-order valence-electron chi connectivity index (χ1n) is 3.62. The van der Waals surface area contributed by atoms with Gasteiger partial charge in [-0.15, -0.1) is 0 Å². The van der Waals surface area contributed by atoms with Crippen molar-refractivity contribution < 1.29 is 13.2 Å². The minimum atomic E-state index is -4.10. The molecule has 0 aliphatic carbocycles. The number of rotatable bonds is 0. The van der Waals surface area contributed by atoms with Crippen molar-refractivity contribution in [3.63, 3.8) is 0 Å². The summed E-state index contributed by atoms with van der Waals surface area (Å²) in [5, 5.41) is 0. The molecule has 0 spiro atoms. The van der Waals surface area contributed by atoms with Gasteiger partial charge in [0.25, 0.3) is 0 Å². The van der Waals surface area contributed by atoms with Gasteiger partial charge in [-0.1, -0.05) is 0 Å². The highest BCUT2D eigenvalue weighted by atomic mass is 127. The van der Waals surface area contributed by atoms with Gasteiger partial charge in [0.1, 0.15) is 0 Å². The maximum absolute atomic E-state index is 12.2. The molecule has 1 aliphatic rings. The zero-order valence-corrected chi connectivity index (χ0v) is 8.47. The maximum Gasteiger partial charge on any atom is 0.393 e. The third-order valence-corrected chi connectivity index (χ3v) is 2.69. The molecule has 6 heteroatoms. The van der Waals surface area contributed by atoms with E-state index >= 15 is 0 Å². The van der Waals surface area contributed by atoms with E-state index in [-0.39, 0.29) is 19.0 Å². The van der Waals surface area contributed by atoms with Crippen molar-refractivity contribution >= 4 is 22.9 Å². The van der Waals surface area contributed by atoms with Crippen LogP contribution in [0, 0.1) is 5.92 Å². The van der Waals surface area contributed by atoms with Crippen LogP contribution in [0.15, 0.2) is 0 Å². The van der Waals surface area contributed by atoms with Gasteiger partial charge in [-0.3, -0.25) is 0 Å². The molecule has 0 saturated carbocycles. The van der Waals surface area contributed by atoms with Crippen molar-refractivity contribution in [2.75, 3.05) is 13.1 Å². The van der Waals surface area contributed by atoms with Crippen molar-refractivity contribution in [2.45, 2.75) is 18.6 Å². The van der Waals surface area contributed by atoms with Crippen LogP contribution in [-0.2, 0) is 0 Å². The van der Waals surface area contributed by atoms with E-state index in [9.17, 15) is 13.2 Å². The molecular formula is C6H10F3IN2. The lowest BCUT2D eigenvalue weighted by molar-refractivity contribution is -0.182. The number of nitrogens with two attached hydrogens (primary N) is 1. The minimum absolute atomic E-state index is 0.0585. The SMILES string of the molecule is N[C@H]1C[C@@H](C(F)(F)F)CN(I)C1.